The quantitative estimate of drug-likeness (QED) is 0.430. The summed E-state index contributed by atoms with van der Waals surface area (Å²) in [7, 11) is 0. The average Bonchev–Trinajstić information content (AvgIpc) is 2.88. The highest BCUT2D eigenvalue weighted by molar-refractivity contribution is 6.27. The molecular weight excluding hydrogens is 460 g/mol. The van der Waals surface area contributed by atoms with Gasteiger partial charge < -0.3 is 14.9 Å². The van der Waals surface area contributed by atoms with Crippen LogP contribution in [0, 0.1) is 6.92 Å². The Morgan fingerprint density at radius 2 is 1.44 bits per heavy atom. The minimum atomic E-state index is -1.82. The summed E-state index contributed by atoms with van der Waals surface area (Å²) in [6, 6.07) is 26.4. The summed E-state index contributed by atoms with van der Waals surface area (Å²) in [6.07, 6.45) is 1.30. The van der Waals surface area contributed by atoms with Crippen molar-refractivity contribution < 1.29 is 29.3 Å². The molecule has 1 fully saturated rings. The van der Waals surface area contributed by atoms with Crippen LogP contribution in [0.15, 0.2) is 78.9 Å². The smallest absolute Gasteiger partial charge is 0.414 e. The average molecular weight is 491 g/mol. The van der Waals surface area contributed by atoms with Gasteiger partial charge in [-0.15, -0.1) is 0 Å². The zero-order chi connectivity index (χ0) is 25.9. The molecule has 3 aromatic carbocycles. The number of carboxylic acids is 2. The molecule has 188 valence electrons. The first kappa shape index (κ1) is 26.4. The molecule has 8 nitrogen and oxygen atoms in total. The number of amides is 1. The largest absolute Gasteiger partial charge is 0.473 e. The van der Waals surface area contributed by atoms with Crippen molar-refractivity contribution in [2.75, 3.05) is 18.4 Å². The molecule has 0 aromatic heterocycles. The zero-order valence-electron chi connectivity index (χ0n) is 20.1. The van der Waals surface area contributed by atoms with E-state index in [1.54, 1.807) is 0 Å². The highest BCUT2D eigenvalue weighted by Gasteiger charge is 2.23. The highest BCUT2D eigenvalue weighted by Crippen LogP contribution is 2.28. The van der Waals surface area contributed by atoms with Crippen molar-refractivity contribution in [3.05, 3.63) is 90.0 Å². The Bertz CT molecular complexity index is 1160. The van der Waals surface area contributed by atoms with Crippen molar-refractivity contribution in [2.24, 2.45) is 0 Å². The van der Waals surface area contributed by atoms with Gasteiger partial charge in [-0.3, -0.25) is 10.2 Å². The van der Waals surface area contributed by atoms with Gasteiger partial charge in [-0.25, -0.2) is 14.4 Å². The molecule has 3 N–H and O–H groups in total. The van der Waals surface area contributed by atoms with Crippen LogP contribution in [-0.2, 0) is 20.9 Å². The van der Waals surface area contributed by atoms with E-state index in [1.165, 1.54) is 11.1 Å². The minimum Gasteiger partial charge on any atom is -0.473 e. The fraction of sp³-hybridized carbons (Fsp3) is 0.250. The number of anilines is 1. The van der Waals surface area contributed by atoms with Crippen LogP contribution < -0.4 is 5.32 Å². The number of piperidine rings is 1. The van der Waals surface area contributed by atoms with Crippen LogP contribution in [0.25, 0.3) is 11.1 Å². The number of ether oxygens (including phenoxy) is 1. The van der Waals surface area contributed by atoms with Crippen LogP contribution in [0.4, 0.5) is 10.5 Å². The second kappa shape index (κ2) is 13.1. The Balaban J connectivity index is 0.000000538. The molecule has 1 amide bonds. The van der Waals surface area contributed by atoms with E-state index < -0.39 is 11.9 Å². The van der Waals surface area contributed by atoms with Crippen LogP contribution in [0.5, 0.6) is 0 Å². The predicted octanol–water partition coefficient (Wildman–Crippen LogP) is 5.03. The monoisotopic (exact) mass is 490 g/mol. The van der Waals surface area contributed by atoms with Crippen molar-refractivity contribution in [1.29, 1.82) is 0 Å². The number of benzene rings is 3. The van der Waals surface area contributed by atoms with Crippen molar-refractivity contribution in [1.82, 2.24) is 4.90 Å². The van der Waals surface area contributed by atoms with Crippen molar-refractivity contribution in [2.45, 2.75) is 32.4 Å². The number of nitrogens with one attached hydrogen (secondary N) is 1. The van der Waals surface area contributed by atoms with Gasteiger partial charge in [0.15, 0.2) is 0 Å². The zero-order valence-corrected chi connectivity index (χ0v) is 20.1. The van der Waals surface area contributed by atoms with Gasteiger partial charge >= 0.3 is 18.0 Å². The van der Waals surface area contributed by atoms with Gasteiger partial charge in [0, 0.05) is 25.2 Å². The molecule has 1 aliphatic heterocycles. The molecule has 1 saturated heterocycles. The number of para-hydroxylation sites is 1. The number of likely N-dealkylation sites (tertiary alicyclic amines) is 1. The first-order valence-corrected chi connectivity index (χ1v) is 11.7. The lowest BCUT2D eigenvalue weighted by Crippen LogP contribution is -2.38. The summed E-state index contributed by atoms with van der Waals surface area (Å²) in [4.78, 5) is 33.2. The van der Waals surface area contributed by atoms with Crippen molar-refractivity contribution >= 4 is 23.7 Å². The molecule has 3 aromatic rings. The Hall–Kier alpha value is -4.17. The number of rotatable bonds is 5. The number of nitrogens with zero attached hydrogens (tertiary/aromatic N) is 1. The van der Waals surface area contributed by atoms with Crippen LogP contribution in [0.2, 0.25) is 0 Å². The van der Waals surface area contributed by atoms with Crippen molar-refractivity contribution in [3.63, 3.8) is 0 Å². The maximum Gasteiger partial charge on any atom is 0.414 e. The molecule has 8 heteroatoms. The number of hydrogen-bond acceptors (Lipinski definition) is 5. The van der Waals surface area contributed by atoms with Crippen LogP contribution in [-0.4, -0.2) is 52.3 Å². The summed E-state index contributed by atoms with van der Waals surface area (Å²) in [6.45, 7) is 4.98. The molecule has 0 spiro atoms. The first-order chi connectivity index (χ1) is 17.3. The molecule has 4 rings (SSSR count). The number of carboxylic acid groups (broad SMARTS) is 2. The topological polar surface area (TPSA) is 116 Å². The van der Waals surface area contributed by atoms with Gasteiger partial charge in [-0.05, 0) is 42.5 Å². The molecule has 0 atom stereocenters. The number of aryl methyl sites for hydroxylation is 1. The normalized spacial score (nSPS) is 13.7. The second-order valence-electron chi connectivity index (χ2n) is 8.45. The molecule has 1 heterocycles. The van der Waals surface area contributed by atoms with E-state index >= 15 is 0 Å². The Kier molecular flexibility index (Phi) is 9.59. The molecule has 0 radical (unpaired) electrons. The van der Waals surface area contributed by atoms with E-state index in [4.69, 9.17) is 24.5 Å². The summed E-state index contributed by atoms with van der Waals surface area (Å²) >= 11 is 0. The van der Waals surface area contributed by atoms with E-state index in [9.17, 15) is 4.79 Å². The molecular formula is C28H30N2O6. The fourth-order valence-electron chi connectivity index (χ4n) is 3.97. The molecule has 0 bridgehead atoms. The van der Waals surface area contributed by atoms with E-state index in [0.29, 0.717) is 0 Å². The summed E-state index contributed by atoms with van der Waals surface area (Å²) in [5.41, 5.74) is 5.52. The standard InChI is InChI=1S/C26H28N2O2.C2H2O4/c1-20-9-5-6-12-22(20)19-28-17-15-23(16-18-28)30-26(29)27-25-14-8-7-13-24(25)21-10-3-2-4-11-21;3-1(4)2(5)6/h2-14,23H,15-19H2,1H3,(H,27,29);(H,3,4)(H,5,6). The van der Waals surface area contributed by atoms with Crippen LogP contribution in [0.3, 0.4) is 0 Å². The maximum atomic E-state index is 12.5. The summed E-state index contributed by atoms with van der Waals surface area (Å²) in [5.74, 6) is -3.65. The fourth-order valence-corrected chi connectivity index (χ4v) is 3.97. The van der Waals surface area contributed by atoms with Gasteiger partial charge in [0.2, 0.25) is 0 Å². The third-order valence-corrected chi connectivity index (χ3v) is 5.90. The Morgan fingerprint density at radius 3 is 2.08 bits per heavy atom. The predicted molar refractivity (Wildman–Crippen MR) is 137 cm³/mol. The Morgan fingerprint density at radius 1 is 0.861 bits per heavy atom. The molecule has 36 heavy (non-hydrogen) atoms. The van der Waals surface area contributed by atoms with Crippen molar-refractivity contribution in [3.8, 4) is 11.1 Å². The van der Waals surface area contributed by atoms with Crippen LogP contribution in [0.1, 0.15) is 24.0 Å². The summed E-state index contributed by atoms with van der Waals surface area (Å²) in [5, 5.41) is 17.7. The molecule has 0 aliphatic carbocycles. The first-order valence-electron chi connectivity index (χ1n) is 11.7. The van der Waals surface area contributed by atoms with Gasteiger partial charge in [0.25, 0.3) is 0 Å². The minimum absolute atomic E-state index is 0.0398. The van der Waals surface area contributed by atoms with Gasteiger partial charge in [0.1, 0.15) is 6.10 Å². The summed E-state index contributed by atoms with van der Waals surface area (Å²) < 4.78 is 5.73. The van der Waals surface area contributed by atoms with Crippen LogP contribution >= 0.6 is 0 Å². The maximum absolute atomic E-state index is 12.5. The molecule has 0 unspecified atom stereocenters. The lowest BCUT2D eigenvalue weighted by atomic mass is 10.0. The van der Waals surface area contributed by atoms with Gasteiger partial charge in [-0.1, -0.05) is 72.8 Å². The third-order valence-electron chi connectivity index (χ3n) is 5.90. The highest BCUT2D eigenvalue weighted by atomic mass is 16.6. The van der Waals surface area contributed by atoms with E-state index in [-0.39, 0.29) is 12.2 Å². The molecule has 0 saturated carbocycles. The van der Waals surface area contributed by atoms with E-state index in [0.717, 1.165) is 49.3 Å². The number of aliphatic carboxylic acids is 2. The SMILES string of the molecule is Cc1ccccc1CN1CCC(OC(=O)Nc2ccccc2-c2ccccc2)CC1.O=C(O)C(=O)O. The number of carbonyl (C=O) groups excluding carboxylic acids is 1. The lowest BCUT2D eigenvalue weighted by molar-refractivity contribution is -0.159. The van der Waals surface area contributed by atoms with E-state index in [1.807, 2.05) is 54.6 Å². The third kappa shape index (κ3) is 7.95. The Labute approximate surface area is 210 Å². The second-order valence-corrected chi connectivity index (χ2v) is 8.45. The lowest BCUT2D eigenvalue weighted by Gasteiger charge is -2.32. The van der Waals surface area contributed by atoms with Gasteiger partial charge in [0.05, 0.1) is 5.69 Å². The molecule has 1 aliphatic rings. The van der Waals surface area contributed by atoms with Gasteiger partial charge in [-0.2, -0.15) is 0 Å². The number of carbonyl (C=O) groups is 3. The van der Waals surface area contributed by atoms with E-state index in [2.05, 4.69) is 41.4 Å². The number of hydrogen-bond donors (Lipinski definition) is 3.